The van der Waals surface area contributed by atoms with Crippen LogP contribution in [0.2, 0.25) is 0 Å². The van der Waals surface area contributed by atoms with Crippen molar-refractivity contribution >= 4 is 12.4 Å². The Morgan fingerprint density at radius 2 is 2.05 bits per heavy atom. The first-order chi connectivity index (χ1) is 9.64. The normalized spacial score (nSPS) is 12.6. The number of carbonyl (C=O) groups is 2. The van der Waals surface area contributed by atoms with Crippen molar-refractivity contribution < 1.29 is 24.5 Å². The van der Waals surface area contributed by atoms with Crippen LogP contribution in [-0.4, -0.2) is 46.7 Å². The number of rotatable bonds is 4. The molecule has 0 aromatic heterocycles. The van der Waals surface area contributed by atoms with Crippen LogP contribution in [0, 0.1) is 0 Å². The Morgan fingerprint density at radius 3 is 2.57 bits per heavy atom. The smallest absolute Gasteiger partial charge is 0.410 e. The lowest BCUT2D eigenvalue weighted by Crippen LogP contribution is -2.36. The zero-order valence-corrected chi connectivity index (χ0v) is 12.7. The second kappa shape index (κ2) is 6.58. The molecule has 1 aromatic rings. The van der Waals surface area contributed by atoms with Gasteiger partial charge >= 0.3 is 6.09 Å². The van der Waals surface area contributed by atoms with Crippen LogP contribution in [0.4, 0.5) is 4.79 Å². The number of aldehydes is 1. The SMILES string of the molecule is CN(CC(O)c1ccc(O)c(C=O)c1)C(=O)OC(C)(C)C. The third kappa shape index (κ3) is 5.07. The number of ether oxygens (including phenoxy) is 1. The molecule has 116 valence electrons. The summed E-state index contributed by atoms with van der Waals surface area (Å²) in [6, 6.07) is 4.21. The van der Waals surface area contributed by atoms with Crippen LogP contribution in [0.1, 0.15) is 42.8 Å². The minimum absolute atomic E-state index is 0.0119. The van der Waals surface area contributed by atoms with E-state index in [1.54, 1.807) is 20.8 Å². The topological polar surface area (TPSA) is 87.1 Å². The summed E-state index contributed by atoms with van der Waals surface area (Å²) in [5.41, 5.74) is -0.0868. The zero-order valence-electron chi connectivity index (χ0n) is 12.7. The van der Waals surface area contributed by atoms with Gasteiger partial charge in [0.05, 0.1) is 18.2 Å². The van der Waals surface area contributed by atoms with Crippen molar-refractivity contribution in [3.63, 3.8) is 0 Å². The molecule has 1 atom stereocenters. The Kier molecular flexibility index (Phi) is 5.32. The first-order valence-electron chi connectivity index (χ1n) is 6.54. The van der Waals surface area contributed by atoms with Gasteiger partial charge < -0.3 is 19.8 Å². The van der Waals surface area contributed by atoms with Crippen molar-refractivity contribution in [2.45, 2.75) is 32.5 Å². The third-order valence-corrected chi connectivity index (χ3v) is 2.72. The first kappa shape index (κ1) is 17.0. The van der Waals surface area contributed by atoms with E-state index < -0.39 is 17.8 Å². The second-order valence-corrected chi connectivity index (χ2v) is 5.81. The number of hydrogen-bond donors (Lipinski definition) is 2. The van der Waals surface area contributed by atoms with Crippen LogP contribution in [0.25, 0.3) is 0 Å². The monoisotopic (exact) mass is 295 g/mol. The number of aliphatic hydroxyl groups is 1. The number of aromatic hydroxyl groups is 1. The molecule has 1 rings (SSSR count). The molecule has 6 heteroatoms. The average molecular weight is 295 g/mol. The molecule has 1 aromatic carbocycles. The summed E-state index contributed by atoms with van der Waals surface area (Å²) in [6.07, 6.45) is -1.03. The lowest BCUT2D eigenvalue weighted by molar-refractivity contribution is 0.0205. The summed E-state index contributed by atoms with van der Waals surface area (Å²) in [7, 11) is 1.51. The van der Waals surface area contributed by atoms with Gasteiger partial charge in [-0.25, -0.2) is 4.79 Å². The molecule has 1 unspecified atom stereocenters. The number of likely N-dealkylation sites (N-methyl/N-ethyl adjacent to an activating group) is 1. The molecule has 0 aliphatic carbocycles. The van der Waals surface area contributed by atoms with Gasteiger partial charge in [-0.3, -0.25) is 4.79 Å². The summed E-state index contributed by atoms with van der Waals surface area (Å²) >= 11 is 0. The fourth-order valence-corrected chi connectivity index (χ4v) is 1.65. The Bertz CT molecular complexity index is 521. The van der Waals surface area contributed by atoms with E-state index in [4.69, 9.17) is 4.74 Å². The predicted molar refractivity (Wildman–Crippen MR) is 77.3 cm³/mol. The molecular weight excluding hydrogens is 274 g/mol. The highest BCUT2D eigenvalue weighted by atomic mass is 16.6. The van der Waals surface area contributed by atoms with E-state index in [2.05, 4.69) is 0 Å². The van der Waals surface area contributed by atoms with Crippen LogP contribution < -0.4 is 0 Å². The fraction of sp³-hybridized carbons (Fsp3) is 0.467. The molecule has 21 heavy (non-hydrogen) atoms. The van der Waals surface area contributed by atoms with Crippen LogP contribution in [0.3, 0.4) is 0 Å². The molecule has 0 fully saturated rings. The van der Waals surface area contributed by atoms with E-state index in [0.717, 1.165) is 0 Å². The molecule has 6 nitrogen and oxygen atoms in total. The van der Waals surface area contributed by atoms with Crippen LogP contribution in [0.15, 0.2) is 18.2 Å². The minimum Gasteiger partial charge on any atom is -0.507 e. The highest BCUT2D eigenvalue weighted by Crippen LogP contribution is 2.22. The summed E-state index contributed by atoms with van der Waals surface area (Å²) in [6.45, 7) is 5.28. The van der Waals surface area contributed by atoms with Crippen LogP contribution in [0.5, 0.6) is 5.75 Å². The third-order valence-electron chi connectivity index (χ3n) is 2.72. The van der Waals surface area contributed by atoms with Crippen LogP contribution in [-0.2, 0) is 4.74 Å². The van der Waals surface area contributed by atoms with Crippen molar-refractivity contribution in [3.05, 3.63) is 29.3 Å². The van der Waals surface area contributed by atoms with E-state index in [9.17, 15) is 19.8 Å². The van der Waals surface area contributed by atoms with Gasteiger partial charge in [0.2, 0.25) is 0 Å². The number of amides is 1. The van der Waals surface area contributed by atoms with Crippen molar-refractivity contribution in [2.75, 3.05) is 13.6 Å². The van der Waals surface area contributed by atoms with Gasteiger partial charge in [-0.05, 0) is 38.5 Å². The zero-order chi connectivity index (χ0) is 16.2. The van der Waals surface area contributed by atoms with Crippen molar-refractivity contribution in [1.29, 1.82) is 0 Å². The maximum atomic E-state index is 11.8. The number of hydrogen-bond acceptors (Lipinski definition) is 5. The van der Waals surface area contributed by atoms with Gasteiger partial charge in [0.15, 0.2) is 6.29 Å². The molecule has 0 saturated heterocycles. The quantitative estimate of drug-likeness (QED) is 0.831. The van der Waals surface area contributed by atoms with Crippen LogP contribution >= 0.6 is 0 Å². The molecule has 0 spiro atoms. The first-order valence-corrected chi connectivity index (χ1v) is 6.54. The lowest BCUT2D eigenvalue weighted by atomic mass is 10.1. The predicted octanol–water partition coefficient (Wildman–Crippen LogP) is 2.10. The minimum atomic E-state index is -0.984. The summed E-state index contributed by atoms with van der Waals surface area (Å²) < 4.78 is 5.18. The molecule has 2 N–H and O–H groups in total. The average Bonchev–Trinajstić information content (AvgIpc) is 2.37. The van der Waals surface area contributed by atoms with E-state index in [-0.39, 0.29) is 17.9 Å². The number of benzene rings is 1. The van der Waals surface area contributed by atoms with Crippen molar-refractivity contribution in [3.8, 4) is 5.75 Å². The number of phenolic OH excluding ortho intramolecular Hbond substituents is 1. The molecule has 0 saturated carbocycles. The van der Waals surface area contributed by atoms with E-state index >= 15 is 0 Å². The van der Waals surface area contributed by atoms with Gasteiger partial charge in [0, 0.05) is 7.05 Å². The molecule has 0 heterocycles. The Hall–Kier alpha value is -2.08. The standard InChI is InChI=1S/C15H21NO5/c1-15(2,3)21-14(20)16(4)8-13(19)10-5-6-12(18)11(7-10)9-17/h5-7,9,13,18-19H,8H2,1-4H3. The van der Waals surface area contributed by atoms with Gasteiger partial charge in [-0.2, -0.15) is 0 Å². The number of nitrogens with zero attached hydrogens (tertiary/aromatic N) is 1. The maximum Gasteiger partial charge on any atom is 0.410 e. The number of aliphatic hydroxyl groups excluding tert-OH is 1. The molecule has 0 radical (unpaired) electrons. The van der Waals surface area contributed by atoms with Crippen molar-refractivity contribution in [1.82, 2.24) is 4.90 Å². The Balaban J connectivity index is 2.74. The molecule has 0 aliphatic heterocycles. The van der Waals surface area contributed by atoms with Gasteiger partial charge in [0.1, 0.15) is 11.4 Å². The van der Waals surface area contributed by atoms with Gasteiger partial charge in [-0.15, -0.1) is 0 Å². The maximum absolute atomic E-state index is 11.8. The Morgan fingerprint density at radius 1 is 1.43 bits per heavy atom. The highest BCUT2D eigenvalue weighted by Gasteiger charge is 2.22. The molecule has 0 aliphatic rings. The lowest BCUT2D eigenvalue weighted by Gasteiger charge is -2.26. The van der Waals surface area contributed by atoms with E-state index in [1.165, 1.54) is 30.1 Å². The summed E-state index contributed by atoms with van der Waals surface area (Å²) in [5.74, 6) is -0.151. The number of carbonyl (C=O) groups excluding carboxylic acids is 2. The van der Waals surface area contributed by atoms with E-state index in [1.807, 2.05) is 0 Å². The molecular formula is C15H21NO5. The summed E-state index contributed by atoms with van der Waals surface area (Å²) in [5, 5.41) is 19.5. The second-order valence-electron chi connectivity index (χ2n) is 5.81. The van der Waals surface area contributed by atoms with Crippen molar-refractivity contribution in [2.24, 2.45) is 0 Å². The van der Waals surface area contributed by atoms with E-state index in [0.29, 0.717) is 11.8 Å². The highest BCUT2D eigenvalue weighted by molar-refractivity contribution is 5.79. The molecule has 1 amide bonds. The summed E-state index contributed by atoms with van der Waals surface area (Å²) in [4.78, 5) is 23.8. The van der Waals surface area contributed by atoms with Gasteiger partial charge in [-0.1, -0.05) is 6.07 Å². The molecule has 0 bridgehead atoms. The fourth-order valence-electron chi connectivity index (χ4n) is 1.65. The number of phenols is 1. The Labute approximate surface area is 124 Å². The van der Waals surface area contributed by atoms with Gasteiger partial charge in [0.25, 0.3) is 0 Å². The largest absolute Gasteiger partial charge is 0.507 e.